The van der Waals surface area contributed by atoms with E-state index in [0.717, 1.165) is 24.2 Å². The van der Waals surface area contributed by atoms with E-state index in [2.05, 4.69) is 5.32 Å². The zero-order valence-corrected chi connectivity index (χ0v) is 14.0. The summed E-state index contributed by atoms with van der Waals surface area (Å²) in [5.41, 5.74) is 0.624. The summed E-state index contributed by atoms with van der Waals surface area (Å²) in [6.45, 7) is 4.68. The minimum atomic E-state index is -0.971. The van der Waals surface area contributed by atoms with Crippen LogP contribution in [0.3, 0.4) is 0 Å². The van der Waals surface area contributed by atoms with Crippen LogP contribution in [0.4, 0.5) is 0 Å². The fourth-order valence-electron chi connectivity index (χ4n) is 3.01. The first-order chi connectivity index (χ1) is 11.5. The Morgan fingerprint density at radius 1 is 1.17 bits per heavy atom. The summed E-state index contributed by atoms with van der Waals surface area (Å²) in [5, 5.41) is 2.85. The van der Waals surface area contributed by atoms with Gasteiger partial charge in [0.15, 0.2) is 0 Å². The van der Waals surface area contributed by atoms with Crippen LogP contribution in [0.15, 0.2) is 47.1 Å². The highest BCUT2D eigenvalue weighted by Gasteiger charge is 2.34. The Kier molecular flexibility index (Phi) is 4.42. The van der Waals surface area contributed by atoms with E-state index in [0.29, 0.717) is 18.7 Å². The molecule has 0 bridgehead atoms. The Morgan fingerprint density at radius 2 is 1.92 bits per heavy atom. The molecular weight excluding hydrogens is 304 g/mol. The summed E-state index contributed by atoms with van der Waals surface area (Å²) < 4.78 is 5.46. The monoisotopic (exact) mass is 326 g/mol. The van der Waals surface area contributed by atoms with E-state index in [4.69, 9.17) is 4.42 Å². The lowest BCUT2D eigenvalue weighted by atomic mass is 10.0. The molecule has 0 aliphatic carbocycles. The number of furan rings is 1. The van der Waals surface area contributed by atoms with E-state index in [1.54, 1.807) is 49.3 Å². The number of fused-ring (bicyclic) bond motifs is 1. The first-order valence-corrected chi connectivity index (χ1v) is 8.19. The summed E-state index contributed by atoms with van der Waals surface area (Å²) in [4.78, 5) is 27.1. The fourth-order valence-corrected chi connectivity index (χ4v) is 3.01. The van der Waals surface area contributed by atoms with Gasteiger partial charge < -0.3 is 14.6 Å². The van der Waals surface area contributed by atoms with Gasteiger partial charge in [-0.3, -0.25) is 9.59 Å². The molecule has 5 nitrogen and oxygen atoms in total. The van der Waals surface area contributed by atoms with Crippen LogP contribution in [0.25, 0.3) is 0 Å². The highest BCUT2D eigenvalue weighted by Crippen LogP contribution is 2.22. The van der Waals surface area contributed by atoms with Crippen molar-refractivity contribution in [3.63, 3.8) is 0 Å². The Hall–Kier alpha value is -2.56. The molecule has 0 fully saturated rings. The first kappa shape index (κ1) is 16.3. The summed E-state index contributed by atoms with van der Waals surface area (Å²) in [6.07, 6.45) is 3.36. The molecule has 1 aliphatic heterocycles. The maximum absolute atomic E-state index is 13.0. The average Bonchev–Trinajstić information content (AvgIpc) is 2.91. The second-order valence-corrected chi connectivity index (χ2v) is 6.64. The molecule has 1 aromatic carbocycles. The maximum Gasteiger partial charge on any atom is 0.252 e. The van der Waals surface area contributed by atoms with Crippen molar-refractivity contribution < 1.29 is 14.0 Å². The highest BCUT2D eigenvalue weighted by atomic mass is 16.3. The summed E-state index contributed by atoms with van der Waals surface area (Å²) in [7, 11) is 0. The van der Waals surface area contributed by atoms with Crippen molar-refractivity contribution in [2.45, 2.75) is 38.8 Å². The van der Waals surface area contributed by atoms with Crippen LogP contribution < -0.4 is 5.32 Å². The maximum atomic E-state index is 13.0. The molecule has 5 heteroatoms. The SMILES string of the molecule is CC(C)(NC(=O)c1ccccc1)C(=O)N1CCCc2occc2C1. The van der Waals surface area contributed by atoms with Gasteiger partial charge in [0.25, 0.3) is 5.91 Å². The Bertz CT molecular complexity index is 734. The number of nitrogens with zero attached hydrogens (tertiary/aromatic N) is 1. The Balaban J connectivity index is 1.72. The van der Waals surface area contributed by atoms with Gasteiger partial charge in [-0.2, -0.15) is 0 Å². The van der Waals surface area contributed by atoms with E-state index in [9.17, 15) is 9.59 Å². The molecule has 2 aromatic rings. The molecule has 3 rings (SSSR count). The number of hydrogen-bond donors (Lipinski definition) is 1. The second-order valence-electron chi connectivity index (χ2n) is 6.64. The van der Waals surface area contributed by atoms with Crippen LogP contribution in [-0.2, 0) is 17.8 Å². The summed E-state index contributed by atoms with van der Waals surface area (Å²) in [6, 6.07) is 10.8. The smallest absolute Gasteiger partial charge is 0.252 e. The molecule has 0 unspecified atom stereocenters. The van der Waals surface area contributed by atoms with Crippen molar-refractivity contribution in [3.05, 3.63) is 59.5 Å². The van der Waals surface area contributed by atoms with Crippen molar-refractivity contribution in [2.24, 2.45) is 0 Å². The minimum absolute atomic E-state index is 0.0826. The average molecular weight is 326 g/mol. The number of amides is 2. The number of carbonyl (C=O) groups excluding carboxylic acids is 2. The number of benzene rings is 1. The van der Waals surface area contributed by atoms with Crippen molar-refractivity contribution in [3.8, 4) is 0 Å². The van der Waals surface area contributed by atoms with Crippen LogP contribution in [0.5, 0.6) is 0 Å². The zero-order valence-electron chi connectivity index (χ0n) is 14.0. The predicted octanol–water partition coefficient (Wildman–Crippen LogP) is 2.76. The lowest BCUT2D eigenvalue weighted by Crippen LogP contribution is -2.55. The van der Waals surface area contributed by atoms with E-state index < -0.39 is 5.54 Å². The van der Waals surface area contributed by atoms with E-state index in [1.807, 2.05) is 12.1 Å². The van der Waals surface area contributed by atoms with Gasteiger partial charge in [0.2, 0.25) is 5.91 Å². The van der Waals surface area contributed by atoms with Gasteiger partial charge in [-0.1, -0.05) is 18.2 Å². The van der Waals surface area contributed by atoms with Crippen molar-refractivity contribution in [1.29, 1.82) is 0 Å². The van der Waals surface area contributed by atoms with Gasteiger partial charge in [-0.05, 0) is 38.5 Å². The molecule has 2 heterocycles. The van der Waals surface area contributed by atoms with Gasteiger partial charge in [0.05, 0.1) is 6.26 Å². The summed E-state index contributed by atoms with van der Waals surface area (Å²) in [5.74, 6) is 0.630. The van der Waals surface area contributed by atoms with Gasteiger partial charge in [0, 0.05) is 30.6 Å². The molecular formula is C19H22N2O3. The Labute approximate surface area is 141 Å². The van der Waals surface area contributed by atoms with E-state index in [1.165, 1.54) is 0 Å². The fraction of sp³-hybridized carbons (Fsp3) is 0.368. The van der Waals surface area contributed by atoms with Crippen molar-refractivity contribution in [2.75, 3.05) is 6.54 Å². The molecule has 0 atom stereocenters. The third-order valence-corrected chi connectivity index (χ3v) is 4.31. The van der Waals surface area contributed by atoms with Crippen LogP contribution in [0.2, 0.25) is 0 Å². The van der Waals surface area contributed by atoms with Gasteiger partial charge in [0.1, 0.15) is 11.3 Å². The normalized spacial score (nSPS) is 14.7. The number of rotatable bonds is 3. The van der Waals surface area contributed by atoms with Crippen LogP contribution in [0.1, 0.15) is 41.9 Å². The lowest BCUT2D eigenvalue weighted by molar-refractivity contribution is -0.137. The Morgan fingerprint density at radius 3 is 2.67 bits per heavy atom. The molecule has 0 saturated heterocycles. The third kappa shape index (κ3) is 3.35. The molecule has 1 aliphatic rings. The van der Waals surface area contributed by atoms with Gasteiger partial charge >= 0.3 is 0 Å². The van der Waals surface area contributed by atoms with E-state index in [-0.39, 0.29) is 11.8 Å². The number of carbonyl (C=O) groups is 2. The first-order valence-electron chi connectivity index (χ1n) is 8.19. The zero-order chi connectivity index (χ0) is 17.2. The van der Waals surface area contributed by atoms with Crippen LogP contribution in [-0.4, -0.2) is 28.8 Å². The van der Waals surface area contributed by atoms with Gasteiger partial charge in [-0.15, -0.1) is 0 Å². The molecule has 0 radical (unpaired) electrons. The molecule has 0 saturated carbocycles. The number of hydrogen-bond acceptors (Lipinski definition) is 3. The highest BCUT2D eigenvalue weighted by molar-refractivity contribution is 5.98. The topological polar surface area (TPSA) is 62.6 Å². The van der Waals surface area contributed by atoms with E-state index >= 15 is 0 Å². The molecule has 1 aromatic heterocycles. The molecule has 126 valence electrons. The van der Waals surface area contributed by atoms with Gasteiger partial charge in [-0.25, -0.2) is 0 Å². The molecule has 1 N–H and O–H groups in total. The van der Waals surface area contributed by atoms with Crippen LogP contribution >= 0.6 is 0 Å². The quantitative estimate of drug-likeness (QED) is 0.943. The summed E-state index contributed by atoms with van der Waals surface area (Å²) >= 11 is 0. The molecule has 2 amide bonds. The number of aryl methyl sites for hydroxylation is 1. The lowest BCUT2D eigenvalue weighted by Gasteiger charge is -2.32. The van der Waals surface area contributed by atoms with Crippen molar-refractivity contribution in [1.82, 2.24) is 10.2 Å². The molecule has 0 spiro atoms. The standard InChI is InChI=1S/C19H22N2O3/c1-19(2,20-17(22)14-7-4-3-5-8-14)18(23)21-11-6-9-16-15(13-21)10-12-24-16/h3-5,7-8,10,12H,6,9,11,13H2,1-2H3,(H,20,22). The predicted molar refractivity (Wildman–Crippen MR) is 90.4 cm³/mol. The second kappa shape index (κ2) is 6.51. The third-order valence-electron chi connectivity index (χ3n) is 4.31. The molecule has 24 heavy (non-hydrogen) atoms. The number of nitrogens with one attached hydrogen (secondary N) is 1. The van der Waals surface area contributed by atoms with Crippen LogP contribution in [0, 0.1) is 0 Å². The van der Waals surface area contributed by atoms with Crippen molar-refractivity contribution >= 4 is 11.8 Å². The minimum Gasteiger partial charge on any atom is -0.469 e. The largest absolute Gasteiger partial charge is 0.469 e.